The summed E-state index contributed by atoms with van der Waals surface area (Å²) >= 11 is 2.32. The minimum atomic E-state index is 0.437. The highest BCUT2D eigenvalue weighted by molar-refractivity contribution is 14.1. The van der Waals surface area contributed by atoms with E-state index in [9.17, 15) is 0 Å². The van der Waals surface area contributed by atoms with Gasteiger partial charge in [0.2, 0.25) is 17.8 Å². The van der Waals surface area contributed by atoms with Gasteiger partial charge in [-0.15, -0.1) is 0 Å². The number of methoxy groups -OCH3 is 1. The average Bonchev–Trinajstić information content (AvgIpc) is 3.17. The second-order valence-corrected chi connectivity index (χ2v) is 10.8. The van der Waals surface area contributed by atoms with Crippen LogP contribution >= 0.6 is 22.6 Å². The Morgan fingerprint density at radius 1 is 0.971 bits per heavy atom. The SMILES string of the molecule is CCN1CCCC1CNc1nc(NCCc2ccc(OC)c(I)c2)nc(NC2CCCCCC2)n1. The highest BCUT2D eigenvalue weighted by Crippen LogP contribution is 2.23. The van der Waals surface area contributed by atoms with Crippen LogP contribution in [0, 0.1) is 3.57 Å². The van der Waals surface area contributed by atoms with Gasteiger partial charge in [0.1, 0.15) is 5.75 Å². The predicted octanol–water partition coefficient (Wildman–Crippen LogP) is 5.17. The van der Waals surface area contributed by atoms with Gasteiger partial charge < -0.3 is 20.7 Å². The van der Waals surface area contributed by atoms with Gasteiger partial charge in [0, 0.05) is 25.2 Å². The van der Waals surface area contributed by atoms with E-state index in [1.807, 2.05) is 6.07 Å². The van der Waals surface area contributed by atoms with Crippen LogP contribution in [0.2, 0.25) is 0 Å². The smallest absolute Gasteiger partial charge is 0.229 e. The van der Waals surface area contributed by atoms with Crippen molar-refractivity contribution < 1.29 is 4.74 Å². The highest BCUT2D eigenvalue weighted by Gasteiger charge is 2.23. The van der Waals surface area contributed by atoms with Crippen molar-refractivity contribution in [2.75, 3.05) is 49.2 Å². The first kappa shape index (κ1) is 26.2. The zero-order valence-corrected chi connectivity index (χ0v) is 23.3. The van der Waals surface area contributed by atoms with Crippen LogP contribution in [0.4, 0.5) is 17.8 Å². The number of likely N-dealkylation sites (tertiary alicyclic amines) is 1. The molecule has 1 saturated carbocycles. The molecule has 0 spiro atoms. The van der Waals surface area contributed by atoms with E-state index in [1.165, 1.54) is 63.5 Å². The fraction of sp³-hybridized carbons (Fsp3) is 0.654. The quantitative estimate of drug-likeness (QED) is 0.243. The summed E-state index contributed by atoms with van der Waals surface area (Å²) in [7, 11) is 1.71. The molecular formula is C26H40IN7O. The van der Waals surface area contributed by atoms with Gasteiger partial charge in [-0.25, -0.2) is 0 Å². The van der Waals surface area contributed by atoms with Gasteiger partial charge in [-0.05, 0) is 85.5 Å². The molecule has 1 unspecified atom stereocenters. The largest absolute Gasteiger partial charge is 0.496 e. The Bertz CT molecular complexity index is 936. The van der Waals surface area contributed by atoms with Crippen molar-refractivity contribution in [3.8, 4) is 5.75 Å². The van der Waals surface area contributed by atoms with Crippen LogP contribution in [0.1, 0.15) is 63.9 Å². The summed E-state index contributed by atoms with van der Waals surface area (Å²) < 4.78 is 6.50. The fourth-order valence-corrected chi connectivity index (χ4v) is 5.94. The number of nitrogens with zero attached hydrogens (tertiary/aromatic N) is 4. The standard InChI is InChI=1S/C26H40IN7O/c1-3-34-16-8-11-21(34)18-29-25-31-24(28-15-14-19-12-13-23(35-2)22(27)17-19)32-26(33-25)30-20-9-6-4-5-7-10-20/h12-13,17,20-21H,3-11,14-16,18H2,1-2H3,(H3,28,29,30,31,32,33). The number of likely N-dealkylation sites (N-methyl/N-ethyl adjacent to an activating group) is 1. The van der Waals surface area contributed by atoms with E-state index in [0.717, 1.165) is 35.4 Å². The molecule has 2 aliphatic rings. The molecule has 192 valence electrons. The molecule has 1 atom stereocenters. The van der Waals surface area contributed by atoms with Crippen LogP contribution in [0.15, 0.2) is 18.2 Å². The summed E-state index contributed by atoms with van der Waals surface area (Å²) in [5.74, 6) is 2.87. The Morgan fingerprint density at radius 3 is 2.43 bits per heavy atom. The molecule has 8 nitrogen and oxygen atoms in total. The zero-order valence-electron chi connectivity index (χ0n) is 21.2. The molecule has 2 fully saturated rings. The number of ether oxygens (including phenoxy) is 1. The maximum Gasteiger partial charge on any atom is 0.229 e. The third kappa shape index (κ3) is 7.80. The normalized spacial score (nSPS) is 19.3. The van der Waals surface area contributed by atoms with Crippen LogP contribution in [-0.2, 0) is 6.42 Å². The van der Waals surface area contributed by atoms with Crippen LogP contribution in [-0.4, -0.2) is 65.2 Å². The van der Waals surface area contributed by atoms with Crippen molar-refractivity contribution >= 4 is 40.4 Å². The van der Waals surface area contributed by atoms with E-state index in [4.69, 9.17) is 19.7 Å². The van der Waals surface area contributed by atoms with Crippen molar-refractivity contribution in [1.29, 1.82) is 0 Å². The van der Waals surface area contributed by atoms with E-state index in [-0.39, 0.29) is 0 Å². The van der Waals surface area contributed by atoms with Gasteiger partial charge >= 0.3 is 0 Å². The van der Waals surface area contributed by atoms with E-state index in [2.05, 4.69) is 62.5 Å². The summed E-state index contributed by atoms with van der Waals surface area (Å²) in [5, 5.41) is 10.6. The molecule has 9 heteroatoms. The molecule has 1 aromatic heterocycles. The molecule has 1 aliphatic carbocycles. The molecular weight excluding hydrogens is 553 g/mol. The van der Waals surface area contributed by atoms with E-state index >= 15 is 0 Å². The van der Waals surface area contributed by atoms with E-state index in [1.54, 1.807) is 7.11 Å². The van der Waals surface area contributed by atoms with Crippen LogP contribution < -0.4 is 20.7 Å². The third-order valence-electron chi connectivity index (χ3n) is 7.14. The van der Waals surface area contributed by atoms with Gasteiger partial charge in [0.05, 0.1) is 10.7 Å². The number of rotatable bonds is 11. The molecule has 35 heavy (non-hydrogen) atoms. The number of halogens is 1. The Morgan fingerprint density at radius 2 is 1.71 bits per heavy atom. The van der Waals surface area contributed by atoms with E-state index < -0.39 is 0 Å². The number of hydrogen-bond donors (Lipinski definition) is 3. The van der Waals surface area contributed by atoms with Crippen molar-refractivity contribution in [2.24, 2.45) is 0 Å². The summed E-state index contributed by atoms with van der Waals surface area (Å²) in [6.07, 6.45) is 10.9. The van der Waals surface area contributed by atoms with Crippen LogP contribution in [0.25, 0.3) is 0 Å². The molecule has 4 rings (SSSR count). The lowest BCUT2D eigenvalue weighted by atomic mass is 10.1. The molecule has 1 saturated heterocycles. The van der Waals surface area contributed by atoms with Crippen LogP contribution in [0.5, 0.6) is 5.75 Å². The minimum absolute atomic E-state index is 0.437. The first-order valence-corrected chi connectivity index (χ1v) is 14.3. The Balaban J connectivity index is 1.41. The maximum atomic E-state index is 5.38. The summed E-state index contributed by atoms with van der Waals surface area (Å²) in [5.41, 5.74) is 1.26. The lowest BCUT2D eigenvalue weighted by Gasteiger charge is -2.23. The molecule has 0 radical (unpaired) electrons. The summed E-state index contributed by atoms with van der Waals surface area (Å²) in [6.45, 7) is 6.13. The molecule has 1 aromatic carbocycles. The molecule has 1 aliphatic heterocycles. The van der Waals surface area contributed by atoms with Crippen molar-refractivity contribution in [3.63, 3.8) is 0 Å². The lowest BCUT2D eigenvalue weighted by molar-refractivity contribution is 0.277. The third-order valence-corrected chi connectivity index (χ3v) is 7.98. The molecule has 2 heterocycles. The Kier molecular flexibility index (Phi) is 10.1. The first-order valence-electron chi connectivity index (χ1n) is 13.2. The van der Waals surface area contributed by atoms with Gasteiger partial charge in [-0.3, -0.25) is 4.90 Å². The number of aromatic nitrogens is 3. The van der Waals surface area contributed by atoms with Crippen LogP contribution in [0.3, 0.4) is 0 Å². The van der Waals surface area contributed by atoms with Crippen molar-refractivity contribution in [1.82, 2.24) is 19.9 Å². The molecule has 2 aromatic rings. The first-order chi connectivity index (χ1) is 17.1. The second-order valence-electron chi connectivity index (χ2n) is 9.59. The van der Waals surface area contributed by atoms with Gasteiger partial charge in [-0.1, -0.05) is 38.7 Å². The lowest BCUT2D eigenvalue weighted by Crippen LogP contribution is -2.35. The number of nitrogens with one attached hydrogen (secondary N) is 3. The van der Waals surface area contributed by atoms with Gasteiger partial charge in [0.15, 0.2) is 0 Å². The van der Waals surface area contributed by atoms with Crippen molar-refractivity contribution in [3.05, 3.63) is 27.3 Å². The number of anilines is 3. The van der Waals surface area contributed by atoms with Gasteiger partial charge in [-0.2, -0.15) is 15.0 Å². The number of benzene rings is 1. The summed E-state index contributed by atoms with van der Waals surface area (Å²) in [4.78, 5) is 16.7. The molecule has 3 N–H and O–H groups in total. The van der Waals surface area contributed by atoms with E-state index in [0.29, 0.717) is 29.9 Å². The minimum Gasteiger partial charge on any atom is -0.496 e. The Hall–Kier alpha value is -1.88. The Labute approximate surface area is 223 Å². The summed E-state index contributed by atoms with van der Waals surface area (Å²) in [6, 6.07) is 7.29. The fourth-order valence-electron chi connectivity index (χ4n) is 5.14. The molecule has 0 amide bonds. The topological polar surface area (TPSA) is 87.2 Å². The highest BCUT2D eigenvalue weighted by atomic mass is 127. The monoisotopic (exact) mass is 593 g/mol. The maximum absolute atomic E-state index is 5.38. The predicted molar refractivity (Wildman–Crippen MR) is 152 cm³/mol. The average molecular weight is 594 g/mol. The molecule has 0 bridgehead atoms. The van der Waals surface area contributed by atoms with Crippen molar-refractivity contribution in [2.45, 2.75) is 76.8 Å². The van der Waals surface area contributed by atoms with Gasteiger partial charge in [0.25, 0.3) is 0 Å². The number of hydrogen-bond acceptors (Lipinski definition) is 8. The zero-order chi connectivity index (χ0) is 24.5. The second kappa shape index (κ2) is 13.4.